The third-order valence-corrected chi connectivity index (χ3v) is 4.67. The molecular weight excluding hydrogens is 346 g/mol. The summed E-state index contributed by atoms with van der Waals surface area (Å²) in [4.78, 5) is 15.9. The molecule has 1 aromatic heterocycles. The lowest BCUT2D eigenvalue weighted by molar-refractivity contribution is 0.667. The maximum absolute atomic E-state index is 12.5. The van der Waals surface area contributed by atoms with Gasteiger partial charge in [-0.05, 0) is 69.7 Å². The summed E-state index contributed by atoms with van der Waals surface area (Å²) in [6, 6.07) is 3.87. The molecule has 3 rings (SSSR count). The van der Waals surface area contributed by atoms with Gasteiger partial charge in [-0.3, -0.25) is 4.79 Å². The Morgan fingerprint density at radius 1 is 1.06 bits per heavy atom. The number of nitrogens with one attached hydrogen (secondary N) is 1. The molecule has 0 saturated heterocycles. The minimum Gasteiger partial charge on any atom is -0.357 e. The molecule has 17 heavy (non-hydrogen) atoms. The molecule has 2 nitrogen and oxygen atoms in total. The normalized spacial score (nSPS) is 14.9. The highest BCUT2D eigenvalue weighted by Crippen LogP contribution is 2.29. The molecular formula is C13H11Br2NO. The lowest BCUT2D eigenvalue weighted by Crippen LogP contribution is -2.18. The van der Waals surface area contributed by atoms with Crippen molar-refractivity contribution in [1.29, 1.82) is 0 Å². The first kappa shape index (κ1) is 11.5. The third kappa shape index (κ3) is 1.78. The van der Waals surface area contributed by atoms with Gasteiger partial charge >= 0.3 is 0 Å². The van der Waals surface area contributed by atoms with Crippen molar-refractivity contribution >= 4 is 42.8 Å². The quantitative estimate of drug-likeness (QED) is 0.762. The van der Waals surface area contributed by atoms with Crippen molar-refractivity contribution in [2.24, 2.45) is 0 Å². The molecule has 1 aliphatic carbocycles. The second-order valence-electron chi connectivity index (χ2n) is 4.40. The van der Waals surface area contributed by atoms with Crippen LogP contribution in [0.1, 0.15) is 24.1 Å². The Morgan fingerprint density at radius 3 is 2.59 bits per heavy atom. The van der Waals surface area contributed by atoms with Crippen LogP contribution in [-0.4, -0.2) is 4.98 Å². The van der Waals surface area contributed by atoms with Crippen LogP contribution in [0.2, 0.25) is 0 Å². The van der Waals surface area contributed by atoms with Gasteiger partial charge in [0.05, 0.1) is 10.9 Å². The molecule has 0 aliphatic heterocycles. The van der Waals surface area contributed by atoms with Crippen molar-refractivity contribution < 1.29 is 0 Å². The summed E-state index contributed by atoms with van der Waals surface area (Å²) in [6.45, 7) is 0. The summed E-state index contributed by atoms with van der Waals surface area (Å²) in [5, 5.41) is 0.764. The monoisotopic (exact) mass is 355 g/mol. The summed E-state index contributed by atoms with van der Waals surface area (Å²) < 4.78 is 1.81. The molecule has 0 atom stereocenters. The van der Waals surface area contributed by atoms with Crippen LogP contribution in [0.4, 0.5) is 0 Å². The van der Waals surface area contributed by atoms with Crippen LogP contribution in [0.5, 0.6) is 0 Å². The zero-order chi connectivity index (χ0) is 12.0. The highest BCUT2D eigenvalue weighted by atomic mass is 79.9. The number of hydrogen-bond donors (Lipinski definition) is 1. The molecule has 4 heteroatoms. The van der Waals surface area contributed by atoms with E-state index in [2.05, 4.69) is 36.8 Å². The van der Waals surface area contributed by atoms with Crippen LogP contribution in [0, 0.1) is 0 Å². The van der Waals surface area contributed by atoms with Crippen molar-refractivity contribution in [3.05, 3.63) is 42.6 Å². The standard InChI is InChI=1S/C13H11Br2NO/c14-8-5-6-9(15)12-11(8)13(17)7-3-1-2-4-10(7)16-12/h5-6H,1-4H2,(H,16,17). The number of H-pyrrole nitrogens is 1. The number of aromatic nitrogens is 1. The molecule has 0 unspecified atom stereocenters. The van der Waals surface area contributed by atoms with E-state index in [1.165, 1.54) is 6.42 Å². The Hall–Kier alpha value is -0.610. The molecule has 1 heterocycles. The largest absolute Gasteiger partial charge is 0.357 e. The number of aromatic amines is 1. The first-order valence-corrected chi connectivity index (χ1v) is 7.29. The van der Waals surface area contributed by atoms with Gasteiger partial charge in [0.1, 0.15) is 0 Å². The topological polar surface area (TPSA) is 32.9 Å². The van der Waals surface area contributed by atoms with E-state index < -0.39 is 0 Å². The maximum Gasteiger partial charge on any atom is 0.194 e. The van der Waals surface area contributed by atoms with Crippen molar-refractivity contribution in [1.82, 2.24) is 4.98 Å². The molecule has 0 spiro atoms. The summed E-state index contributed by atoms with van der Waals surface area (Å²) in [5.41, 5.74) is 3.18. The highest BCUT2D eigenvalue weighted by Gasteiger charge is 2.17. The Morgan fingerprint density at radius 2 is 1.76 bits per heavy atom. The number of pyridine rings is 1. The van der Waals surface area contributed by atoms with Crippen LogP contribution in [-0.2, 0) is 12.8 Å². The van der Waals surface area contributed by atoms with Crippen LogP contribution >= 0.6 is 31.9 Å². The molecule has 1 aliphatic rings. The minimum absolute atomic E-state index is 0.182. The molecule has 1 N–H and O–H groups in total. The van der Waals surface area contributed by atoms with Crippen molar-refractivity contribution in [2.45, 2.75) is 25.7 Å². The minimum atomic E-state index is 0.182. The second-order valence-corrected chi connectivity index (χ2v) is 6.11. The SMILES string of the molecule is O=c1c2c([nH]c3c(Br)ccc(Br)c13)CCCC2. The number of aryl methyl sites for hydroxylation is 1. The fourth-order valence-electron chi connectivity index (χ4n) is 2.49. The molecule has 88 valence electrons. The number of benzene rings is 1. The van der Waals surface area contributed by atoms with Gasteiger partial charge < -0.3 is 4.98 Å². The van der Waals surface area contributed by atoms with Crippen LogP contribution in [0.25, 0.3) is 10.9 Å². The molecule has 0 saturated carbocycles. The molecule has 0 bridgehead atoms. The van der Waals surface area contributed by atoms with Crippen LogP contribution in [0.3, 0.4) is 0 Å². The Kier molecular flexibility index (Phi) is 2.87. The van der Waals surface area contributed by atoms with Gasteiger partial charge in [0.2, 0.25) is 0 Å². The summed E-state index contributed by atoms with van der Waals surface area (Å²) in [5.74, 6) is 0. The van der Waals surface area contributed by atoms with Gasteiger partial charge in [-0.25, -0.2) is 0 Å². The first-order valence-electron chi connectivity index (χ1n) is 5.70. The van der Waals surface area contributed by atoms with E-state index in [1.54, 1.807) is 0 Å². The molecule has 0 amide bonds. The number of rotatable bonds is 0. The van der Waals surface area contributed by atoms with Crippen molar-refractivity contribution in [3.8, 4) is 0 Å². The van der Waals surface area contributed by atoms with Gasteiger partial charge in [0.15, 0.2) is 5.43 Å². The average Bonchev–Trinajstić information content (AvgIpc) is 2.34. The van der Waals surface area contributed by atoms with Crippen molar-refractivity contribution in [3.63, 3.8) is 0 Å². The Bertz CT molecular complexity index is 660. The summed E-state index contributed by atoms with van der Waals surface area (Å²) >= 11 is 6.97. The van der Waals surface area contributed by atoms with E-state index in [9.17, 15) is 4.79 Å². The number of hydrogen-bond acceptors (Lipinski definition) is 1. The maximum atomic E-state index is 12.5. The van der Waals surface area contributed by atoms with E-state index in [1.807, 2.05) is 12.1 Å². The number of halogens is 2. The van der Waals surface area contributed by atoms with Gasteiger partial charge in [0.25, 0.3) is 0 Å². The van der Waals surface area contributed by atoms with E-state index in [0.29, 0.717) is 0 Å². The second kappa shape index (κ2) is 4.25. The average molecular weight is 357 g/mol. The summed E-state index contributed by atoms with van der Waals surface area (Å²) in [7, 11) is 0. The highest BCUT2D eigenvalue weighted by molar-refractivity contribution is 9.11. The van der Waals surface area contributed by atoms with Gasteiger partial charge in [-0.15, -0.1) is 0 Å². The Labute approximate surface area is 116 Å². The Balaban J connectivity index is 2.48. The zero-order valence-corrected chi connectivity index (χ0v) is 12.3. The molecule has 1 aromatic carbocycles. The lowest BCUT2D eigenvalue weighted by Gasteiger charge is -2.16. The fraction of sp³-hybridized carbons (Fsp3) is 0.308. The zero-order valence-electron chi connectivity index (χ0n) is 9.15. The van der Waals surface area contributed by atoms with Crippen LogP contribution in [0.15, 0.2) is 25.9 Å². The fourth-order valence-corrected chi connectivity index (χ4v) is 3.43. The molecule has 0 radical (unpaired) electrons. The lowest BCUT2D eigenvalue weighted by atomic mass is 9.94. The predicted octanol–water partition coefficient (Wildman–Crippen LogP) is 3.93. The molecule has 0 fully saturated rings. The van der Waals surface area contributed by atoms with Gasteiger partial charge in [0, 0.05) is 20.2 Å². The first-order chi connectivity index (χ1) is 8.18. The predicted molar refractivity (Wildman–Crippen MR) is 76.6 cm³/mol. The van der Waals surface area contributed by atoms with E-state index in [-0.39, 0.29) is 5.43 Å². The molecule has 2 aromatic rings. The van der Waals surface area contributed by atoms with E-state index in [4.69, 9.17) is 0 Å². The number of fused-ring (bicyclic) bond motifs is 2. The van der Waals surface area contributed by atoms with E-state index >= 15 is 0 Å². The van der Waals surface area contributed by atoms with Gasteiger partial charge in [-0.2, -0.15) is 0 Å². The summed E-state index contributed by atoms with van der Waals surface area (Å²) in [6.07, 6.45) is 4.17. The van der Waals surface area contributed by atoms with Crippen LogP contribution < -0.4 is 5.43 Å². The third-order valence-electron chi connectivity index (χ3n) is 3.35. The smallest absolute Gasteiger partial charge is 0.194 e. The van der Waals surface area contributed by atoms with Crippen molar-refractivity contribution in [2.75, 3.05) is 0 Å². The van der Waals surface area contributed by atoms with Gasteiger partial charge in [-0.1, -0.05) is 0 Å². The van der Waals surface area contributed by atoms with E-state index in [0.717, 1.165) is 50.4 Å².